The van der Waals surface area contributed by atoms with Gasteiger partial charge in [-0.25, -0.2) is 23.4 Å². The number of amides is 1. The van der Waals surface area contributed by atoms with Gasteiger partial charge in [0.2, 0.25) is 5.95 Å². The summed E-state index contributed by atoms with van der Waals surface area (Å²) in [7, 11) is -3.94. The second-order valence-corrected chi connectivity index (χ2v) is 14.0. The number of sulfone groups is 1. The minimum Gasteiger partial charge on any atom is -0.377 e. The molecule has 0 saturated carbocycles. The van der Waals surface area contributed by atoms with Crippen molar-refractivity contribution in [2.75, 3.05) is 48.8 Å². The largest absolute Gasteiger partial charge is 0.420 e. The van der Waals surface area contributed by atoms with Gasteiger partial charge in [-0.2, -0.15) is 13.2 Å². The number of carbonyl (C=O) groups excluding carboxylic acids is 1. The summed E-state index contributed by atoms with van der Waals surface area (Å²) < 4.78 is 73.5. The molecule has 2 bridgehead atoms. The zero-order chi connectivity index (χ0) is 29.4. The van der Waals surface area contributed by atoms with Gasteiger partial charge in [0.15, 0.2) is 15.0 Å². The Morgan fingerprint density at radius 1 is 1.17 bits per heavy atom. The van der Waals surface area contributed by atoms with E-state index < -0.39 is 33.2 Å². The molecule has 0 aromatic carbocycles. The number of carbonyl (C=O) groups is 1. The number of rotatable bonds is 5. The van der Waals surface area contributed by atoms with Crippen molar-refractivity contribution < 1.29 is 31.1 Å². The number of piperazine rings is 1. The highest BCUT2D eigenvalue weighted by Gasteiger charge is 2.41. The van der Waals surface area contributed by atoms with Crippen LogP contribution in [0.4, 0.5) is 30.6 Å². The predicted molar refractivity (Wildman–Crippen MR) is 148 cm³/mol. The summed E-state index contributed by atoms with van der Waals surface area (Å²) in [5, 5.41) is 6.34. The average Bonchev–Trinajstić information content (AvgIpc) is 3.65. The molecule has 0 radical (unpaired) electrons. The third kappa shape index (κ3) is 4.78. The number of thiophene rings is 1. The lowest BCUT2D eigenvalue weighted by Crippen LogP contribution is -2.52. The Hall–Kier alpha value is -3.05. The Bertz CT molecular complexity index is 1700. The molecule has 0 aliphatic carbocycles. The number of halogens is 4. The molecular formula is C25H23ClF3N7O4S2. The highest BCUT2D eigenvalue weighted by Crippen LogP contribution is 2.42. The SMILES string of the molecule is O=C1c2sc(-c3nc(Nc4ccc(N5C[C@H]6C[C@@H]5CN6)nc4Cl)ncc3C(F)(F)F)cc2S(=O)(=O)CCN1C1COC1. The van der Waals surface area contributed by atoms with E-state index in [0.717, 1.165) is 25.6 Å². The van der Waals surface area contributed by atoms with Gasteiger partial charge in [0.1, 0.15) is 16.3 Å². The number of hydrogen-bond donors (Lipinski definition) is 2. The van der Waals surface area contributed by atoms with E-state index >= 15 is 0 Å². The minimum atomic E-state index is -4.85. The first-order valence-corrected chi connectivity index (χ1v) is 16.0. The fourth-order valence-electron chi connectivity index (χ4n) is 5.66. The minimum absolute atomic E-state index is 0.0230. The highest BCUT2D eigenvalue weighted by molar-refractivity contribution is 7.91. The van der Waals surface area contributed by atoms with Crippen molar-refractivity contribution in [2.45, 2.75) is 35.6 Å². The van der Waals surface area contributed by atoms with Gasteiger partial charge in [0.25, 0.3) is 5.91 Å². The quantitative estimate of drug-likeness (QED) is 0.401. The van der Waals surface area contributed by atoms with Crippen LogP contribution in [0.1, 0.15) is 21.7 Å². The lowest BCUT2D eigenvalue weighted by molar-refractivity contribution is -0.137. The number of pyridine rings is 1. The third-order valence-corrected chi connectivity index (χ3v) is 11.2. The lowest BCUT2D eigenvalue weighted by Gasteiger charge is -2.36. The first kappa shape index (κ1) is 27.8. The number of hydrogen-bond acceptors (Lipinski definition) is 11. The predicted octanol–water partition coefficient (Wildman–Crippen LogP) is 3.19. The van der Waals surface area contributed by atoms with Gasteiger partial charge < -0.3 is 25.2 Å². The second-order valence-electron chi connectivity index (χ2n) is 10.5. The standard InChI is InChI=1S/C25H23ClF3N7O4S2/c26-22-16(1-2-19(33-22)36-9-12-5-13(36)7-30-12)32-24-31-8-15(25(27,28)29)20(34-24)17-6-18-21(41-17)23(37)35(14-10-40-11-14)3-4-42(18,38)39/h1-2,6,8,12-14,30H,3-5,7,9-11H2,(H,31,32,34)/t12-,13-/m1/s1. The van der Waals surface area contributed by atoms with Crippen LogP contribution in [-0.4, -0.2) is 90.9 Å². The smallest absolute Gasteiger partial charge is 0.377 e. The van der Waals surface area contributed by atoms with Crippen LogP contribution in [0.25, 0.3) is 10.6 Å². The van der Waals surface area contributed by atoms with E-state index in [-0.39, 0.29) is 63.0 Å². The molecular weight excluding hydrogens is 619 g/mol. The van der Waals surface area contributed by atoms with Crippen molar-refractivity contribution in [3.63, 3.8) is 0 Å². The molecule has 2 atom stereocenters. The summed E-state index contributed by atoms with van der Waals surface area (Å²) in [6.45, 7) is 2.19. The monoisotopic (exact) mass is 641 g/mol. The molecule has 1 amide bonds. The van der Waals surface area contributed by atoms with Crippen LogP contribution in [0.2, 0.25) is 5.15 Å². The molecule has 7 heterocycles. The molecule has 3 aromatic rings. The van der Waals surface area contributed by atoms with Crippen LogP contribution in [0.5, 0.6) is 0 Å². The molecule has 2 N–H and O–H groups in total. The molecule has 4 aliphatic heterocycles. The van der Waals surface area contributed by atoms with Crippen molar-refractivity contribution in [3.05, 3.63) is 40.0 Å². The topological polar surface area (TPSA) is 130 Å². The highest BCUT2D eigenvalue weighted by atomic mass is 35.5. The van der Waals surface area contributed by atoms with Crippen molar-refractivity contribution in [2.24, 2.45) is 0 Å². The summed E-state index contributed by atoms with van der Waals surface area (Å²) in [6.07, 6.45) is -3.21. The molecule has 3 saturated heterocycles. The van der Waals surface area contributed by atoms with Gasteiger partial charge in [-0.1, -0.05) is 11.6 Å². The van der Waals surface area contributed by atoms with Gasteiger partial charge in [0, 0.05) is 37.9 Å². The van der Waals surface area contributed by atoms with Crippen LogP contribution in [0.15, 0.2) is 29.3 Å². The number of ether oxygens (including phenoxy) is 1. The summed E-state index contributed by atoms with van der Waals surface area (Å²) in [5.41, 5.74) is -1.44. The Kier molecular flexibility index (Phi) is 6.62. The molecule has 11 nitrogen and oxygen atoms in total. The Balaban J connectivity index is 1.23. The second kappa shape index (κ2) is 10.0. The van der Waals surface area contributed by atoms with E-state index in [1.807, 2.05) is 0 Å². The van der Waals surface area contributed by atoms with E-state index in [1.165, 1.54) is 4.90 Å². The number of nitrogens with one attached hydrogen (secondary N) is 2. The Labute approximate surface area is 247 Å². The van der Waals surface area contributed by atoms with Gasteiger partial charge in [-0.3, -0.25) is 4.79 Å². The van der Waals surface area contributed by atoms with Crippen molar-refractivity contribution >= 4 is 56.1 Å². The first-order valence-electron chi connectivity index (χ1n) is 13.1. The molecule has 17 heteroatoms. The first-order chi connectivity index (χ1) is 20.0. The Morgan fingerprint density at radius 3 is 2.62 bits per heavy atom. The Morgan fingerprint density at radius 2 is 1.98 bits per heavy atom. The van der Waals surface area contributed by atoms with E-state index in [2.05, 4.69) is 30.5 Å². The number of fused-ring (bicyclic) bond motifs is 3. The molecule has 0 spiro atoms. The third-order valence-electron chi connectivity index (χ3n) is 7.91. The molecule has 4 aliphatic rings. The van der Waals surface area contributed by atoms with Crippen molar-refractivity contribution in [3.8, 4) is 10.6 Å². The summed E-state index contributed by atoms with van der Waals surface area (Å²) >= 11 is 7.10. The summed E-state index contributed by atoms with van der Waals surface area (Å²) in [6, 6.07) is 4.96. The summed E-state index contributed by atoms with van der Waals surface area (Å²) in [5.74, 6) is -0.415. The van der Waals surface area contributed by atoms with Crippen LogP contribution < -0.4 is 15.5 Å². The van der Waals surface area contributed by atoms with Gasteiger partial charge in [0.05, 0.1) is 46.2 Å². The fourth-order valence-corrected chi connectivity index (χ4v) is 8.77. The molecule has 3 fully saturated rings. The van der Waals surface area contributed by atoms with Gasteiger partial charge in [-0.05, 0) is 24.6 Å². The number of aromatic nitrogens is 3. The van der Waals surface area contributed by atoms with Gasteiger partial charge in [-0.15, -0.1) is 11.3 Å². The van der Waals surface area contributed by atoms with Crippen LogP contribution in [0.3, 0.4) is 0 Å². The van der Waals surface area contributed by atoms with Crippen molar-refractivity contribution in [1.29, 1.82) is 0 Å². The van der Waals surface area contributed by atoms with E-state index in [0.29, 0.717) is 35.4 Å². The zero-order valence-electron chi connectivity index (χ0n) is 21.7. The lowest BCUT2D eigenvalue weighted by atomic mass is 10.2. The number of anilines is 3. The maximum absolute atomic E-state index is 14.1. The van der Waals surface area contributed by atoms with Crippen LogP contribution in [0, 0.1) is 0 Å². The van der Waals surface area contributed by atoms with Crippen LogP contribution >= 0.6 is 22.9 Å². The molecule has 3 aromatic heterocycles. The average molecular weight is 642 g/mol. The van der Waals surface area contributed by atoms with E-state index in [4.69, 9.17) is 16.3 Å². The zero-order valence-corrected chi connectivity index (χ0v) is 24.1. The molecule has 7 rings (SSSR count). The van der Waals surface area contributed by atoms with E-state index in [9.17, 15) is 26.4 Å². The maximum Gasteiger partial charge on any atom is 0.420 e. The maximum atomic E-state index is 14.1. The molecule has 222 valence electrons. The summed E-state index contributed by atoms with van der Waals surface area (Å²) in [4.78, 5) is 28.7. The van der Waals surface area contributed by atoms with Gasteiger partial charge >= 0.3 is 6.18 Å². The fraction of sp³-hybridized carbons (Fsp3) is 0.440. The number of nitrogens with zero attached hydrogens (tertiary/aromatic N) is 5. The number of alkyl halides is 3. The molecule has 0 unspecified atom stereocenters. The molecule has 42 heavy (non-hydrogen) atoms. The normalized spacial score (nSPS) is 23.6. The van der Waals surface area contributed by atoms with Crippen molar-refractivity contribution in [1.82, 2.24) is 25.2 Å². The van der Waals surface area contributed by atoms with Crippen LogP contribution in [-0.2, 0) is 20.8 Å². The van der Waals surface area contributed by atoms with E-state index in [1.54, 1.807) is 12.1 Å².